The van der Waals surface area contributed by atoms with E-state index in [0.717, 1.165) is 21.8 Å². The van der Waals surface area contributed by atoms with Crippen LogP contribution in [-0.2, 0) is 5.75 Å². The van der Waals surface area contributed by atoms with Crippen molar-refractivity contribution >= 4 is 23.1 Å². The monoisotopic (exact) mass is 280 g/mol. The van der Waals surface area contributed by atoms with E-state index in [1.807, 2.05) is 0 Å². The highest BCUT2D eigenvalue weighted by molar-refractivity contribution is 7.99. The average Bonchev–Trinajstić information content (AvgIpc) is 2.82. The van der Waals surface area contributed by atoms with Crippen LogP contribution in [0.5, 0.6) is 0 Å². The molecule has 18 heavy (non-hydrogen) atoms. The van der Waals surface area contributed by atoms with Crippen LogP contribution in [0.1, 0.15) is 42.4 Å². The van der Waals surface area contributed by atoms with Gasteiger partial charge in [0.1, 0.15) is 6.61 Å². The molecule has 1 nitrogen and oxygen atoms in total. The summed E-state index contributed by atoms with van der Waals surface area (Å²) in [6.45, 7) is 2.32. The molecule has 3 heteroatoms. The highest BCUT2D eigenvalue weighted by Crippen LogP contribution is 2.34. The van der Waals surface area contributed by atoms with E-state index in [4.69, 9.17) is 5.11 Å². The summed E-state index contributed by atoms with van der Waals surface area (Å²) in [5.74, 6) is 7.69. The lowest BCUT2D eigenvalue weighted by Gasteiger charge is -2.25. The Labute approximate surface area is 118 Å². The number of aliphatic hydroxyl groups is 1. The van der Waals surface area contributed by atoms with Gasteiger partial charge in [0.2, 0.25) is 0 Å². The van der Waals surface area contributed by atoms with Gasteiger partial charge in [-0.15, -0.1) is 11.3 Å². The lowest BCUT2D eigenvalue weighted by atomic mass is 9.91. The maximum Gasteiger partial charge on any atom is 0.104 e. The number of thioether (sulfide) groups is 1. The molecule has 0 amide bonds. The molecule has 1 saturated carbocycles. The lowest BCUT2D eigenvalue weighted by Crippen LogP contribution is -2.15. The number of rotatable bonds is 3. The fourth-order valence-electron chi connectivity index (χ4n) is 2.38. The molecule has 0 bridgehead atoms. The minimum Gasteiger partial charge on any atom is -0.384 e. The quantitative estimate of drug-likeness (QED) is 0.847. The molecule has 1 heterocycles. The van der Waals surface area contributed by atoms with Gasteiger partial charge in [0.15, 0.2) is 0 Å². The molecule has 0 radical (unpaired) electrons. The van der Waals surface area contributed by atoms with Crippen molar-refractivity contribution in [1.29, 1.82) is 0 Å². The zero-order valence-electron chi connectivity index (χ0n) is 10.8. The maximum absolute atomic E-state index is 8.66. The zero-order chi connectivity index (χ0) is 12.8. The second-order valence-electron chi connectivity index (χ2n) is 4.93. The second-order valence-corrected chi connectivity index (χ2v) is 7.39. The van der Waals surface area contributed by atoms with Crippen LogP contribution in [0.15, 0.2) is 12.1 Å². The molecule has 2 atom stereocenters. The molecule has 1 aromatic rings. The summed E-state index contributed by atoms with van der Waals surface area (Å²) in [6, 6.07) is 4.23. The molecule has 2 unspecified atom stereocenters. The third-order valence-corrected chi connectivity index (χ3v) is 5.86. The van der Waals surface area contributed by atoms with Crippen LogP contribution in [0, 0.1) is 17.8 Å². The first-order valence-corrected chi connectivity index (χ1v) is 8.44. The van der Waals surface area contributed by atoms with E-state index >= 15 is 0 Å². The minimum absolute atomic E-state index is 0.0536. The molecule has 98 valence electrons. The van der Waals surface area contributed by atoms with Crippen molar-refractivity contribution in [2.45, 2.75) is 43.6 Å². The zero-order valence-corrected chi connectivity index (χ0v) is 12.4. The van der Waals surface area contributed by atoms with E-state index in [0.29, 0.717) is 0 Å². The first kappa shape index (κ1) is 14.0. The van der Waals surface area contributed by atoms with E-state index in [1.54, 1.807) is 11.3 Å². The van der Waals surface area contributed by atoms with Crippen LogP contribution < -0.4 is 0 Å². The van der Waals surface area contributed by atoms with E-state index in [1.165, 1.54) is 30.6 Å². The summed E-state index contributed by atoms with van der Waals surface area (Å²) in [6.07, 6.45) is 5.58. The molecule has 0 saturated heterocycles. The summed E-state index contributed by atoms with van der Waals surface area (Å²) in [4.78, 5) is 2.47. The van der Waals surface area contributed by atoms with Crippen LogP contribution >= 0.6 is 23.1 Å². The van der Waals surface area contributed by atoms with E-state index < -0.39 is 0 Å². The first-order chi connectivity index (χ1) is 8.78. The van der Waals surface area contributed by atoms with E-state index in [9.17, 15) is 0 Å². The molecular formula is C15H20OS2. The Kier molecular flexibility index (Phi) is 5.62. The number of aliphatic hydroxyl groups excluding tert-OH is 1. The minimum atomic E-state index is -0.0536. The van der Waals surface area contributed by atoms with Gasteiger partial charge >= 0.3 is 0 Å². The molecule has 2 rings (SSSR count). The maximum atomic E-state index is 8.66. The van der Waals surface area contributed by atoms with Crippen molar-refractivity contribution in [2.75, 3.05) is 6.61 Å². The van der Waals surface area contributed by atoms with Crippen molar-refractivity contribution in [2.24, 2.45) is 5.92 Å². The van der Waals surface area contributed by atoms with Crippen LogP contribution in [0.2, 0.25) is 0 Å². The largest absolute Gasteiger partial charge is 0.384 e. The Balaban J connectivity index is 1.81. The summed E-state index contributed by atoms with van der Waals surface area (Å²) in [5.41, 5.74) is 0. The summed E-state index contributed by atoms with van der Waals surface area (Å²) in [7, 11) is 0. The van der Waals surface area contributed by atoms with Crippen molar-refractivity contribution in [3.63, 3.8) is 0 Å². The number of hydrogen-bond acceptors (Lipinski definition) is 3. The Hall–Kier alpha value is -0.430. The number of thiophene rings is 1. The highest BCUT2D eigenvalue weighted by Gasteiger charge is 2.19. The van der Waals surface area contributed by atoms with Crippen LogP contribution in [0.4, 0.5) is 0 Å². The molecule has 0 spiro atoms. The smallest absolute Gasteiger partial charge is 0.104 e. The fourth-order valence-corrected chi connectivity index (χ4v) is 4.79. The van der Waals surface area contributed by atoms with Crippen molar-refractivity contribution < 1.29 is 5.11 Å². The Morgan fingerprint density at radius 2 is 2.33 bits per heavy atom. The molecule has 1 aliphatic carbocycles. The third kappa shape index (κ3) is 4.35. The second kappa shape index (κ2) is 7.23. The lowest BCUT2D eigenvalue weighted by molar-refractivity contribution is 0.350. The molecule has 0 aromatic carbocycles. The van der Waals surface area contributed by atoms with Gasteiger partial charge in [-0.2, -0.15) is 11.8 Å². The predicted molar refractivity (Wildman–Crippen MR) is 81.0 cm³/mol. The average molecular weight is 280 g/mol. The standard InChI is InChI=1S/C15H20OS2/c1-12-4-2-5-14(10-12)17-11-15-8-7-13(18-15)6-3-9-16/h7-8,12,14,16H,2,4-5,9-11H2,1H3. The summed E-state index contributed by atoms with van der Waals surface area (Å²) >= 11 is 3.86. The van der Waals surface area contributed by atoms with Gasteiger partial charge in [0, 0.05) is 15.9 Å². The fraction of sp³-hybridized carbons (Fsp3) is 0.600. The van der Waals surface area contributed by atoms with Gasteiger partial charge in [0.05, 0.1) is 4.88 Å². The molecule has 1 aliphatic rings. The van der Waals surface area contributed by atoms with E-state index in [-0.39, 0.29) is 6.61 Å². The van der Waals surface area contributed by atoms with Gasteiger partial charge in [-0.1, -0.05) is 31.6 Å². The third-order valence-electron chi connectivity index (χ3n) is 3.30. The Morgan fingerprint density at radius 3 is 3.11 bits per heavy atom. The summed E-state index contributed by atoms with van der Waals surface area (Å²) < 4.78 is 0. The molecule has 1 aromatic heterocycles. The molecule has 0 aliphatic heterocycles. The van der Waals surface area contributed by atoms with Crippen molar-refractivity contribution in [3.8, 4) is 11.8 Å². The number of hydrogen-bond donors (Lipinski definition) is 1. The van der Waals surface area contributed by atoms with E-state index in [2.05, 4.69) is 42.7 Å². The van der Waals surface area contributed by atoms with Crippen LogP contribution in [0.3, 0.4) is 0 Å². The van der Waals surface area contributed by atoms with Gasteiger partial charge in [-0.25, -0.2) is 0 Å². The molecular weight excluding hydrogens is 260 g/mol. The topological polar surface area (TPSA) is 20.2 Å². The SMILES string of the molecule is CC1CCCC(SCc2ccc(C#CCO)s2)C1. The van der Waals surface area contributed by atoms with Gasteiger partial charge < -0.3 is 5.11 Å². The highest BCUT2D eigenvalue weighted by atomic mass is 32.2. The molecule has 1 N–H and O–H groups in total. The predicted octanol–water partition coefficient (Wildman–Crippen LogP) is 3.90. The Bertz CT molecular complexity index is 427. The van der Waals surface area contributed by atoms with Gasteiger partial charge in [-0.3, -0.25) is 0 Å². The normalized spacial score (nSPS) is 23.4. The van der Waals surface area contributed by atoms with Crippen molar-refractivity contribution in [3.05, 3.63) is 21.9 Å². The Morgan fingerprint density at radius 1 is 1.44 bits per heavy atom. The van der Waals surface area contributed by atoms with Crippen LogP contribution in [-0.4, -0.2) is 17.0 Å². The van der Waals surface area contributed by atoms with Gasteiger partial charge in [-0.05, 0) is 30.9 Å². The first-order valence-electron chi connectivity index (χ1n) is 6.58. The van der Waals surface area contributed by atoms with Crippen LogP contribution in [0.25, 0.3) is 0 Å². The van der Waals surface area contributed by atoms with Crippen molar-refractivity contribution in [1.82, 2.24) is 0 Å². The summed E-state index contributed by atoms with van der Waals surface area (Å²) in [5, 5.41) is 9.51. The molecule has 1 fully saturated rings. The van der Waals surface area contributed by atoms with Gasteiger partial charge in [0.25, 0.3) is 0 Å².